The fraction of sp³-hybridized carbons (Fsp3) is 0.125. The Labute approximate surface area is 195 Å². The molecule has 0 radical (unpaired) electrons. The first kappa shape index (κ1) is 22.2. The SMILES string of the molecule is Cc1ccccc1SCC(=O)NNC(=O)c1ccc(Cn2nnc(-c3ccccc3)n2)cc1. The molecule has 9 heteroatoms. The van der Waals surface area contributed by atoms with Crippen LogP contribution in [0.3, 0.4) is 0 Å². The number of hydrogen-bond acceptors (Lipinski definition) is 6. The van der Waals surface area contributed by atoms with Gasteiger partial charge in [0, 0.05) is 16.0 Å². The van der Waals surface area contributed by atoms with Gasteiger partial charge >= 0.3 is 0 Å². The van der Waals surface area contributed by atoms with Gasteiger partial charge in [-0.25, -0.2) is 0 Å². The van der Waals surface area contributed by atoms with Crippen molar-refractivity contribution in [3.8, 4) is 11.4 Å². The van der Waals surface area contributed by atoms with Gasteiger partial charge in [0.2, 0.25) is 11.7 Å². The molecule has 0 fully saturated rings. The van der Waals surface area contributed by atoms with E-state index in [0.29, 0.717) is 17.9 Å². The van der Waals surface area contributed by atoms with E-state index in [0.717, 1.165) is 21.6 Å². The van der Waals surface area contributed by atoms with E-state index in [2.05, 4.69) is 26.3 Å². The monoisotopic (exact) mass is 458 g/mol. The van der Waals surface area contributed by atoms with Gasteiger partial charge in [-0.1, -0.05) is 60.7 Å². The number of thioether (sulfide) groups is 1. The summed E-state index contributed by atoms with van der Waals surface area (Å²) in [5, 5.41) is 12.6. The molecular weight excluding hydrogens is 436 g/mol. The third-order valence-electron chi connectivity index (χ3n) is 4.79. The number of carbonyl (C=O) groups is 2. The number of carbonyl (C=O) groups excluding carboxylic acids is 2. The number of aromatic nitrogens is 4. The van der Waals surface area contributed by atoms with Gasteiger partial charge in [-0.15, -0.1) is 22.0 Å². The van der Waals surface area contributed by atoms with Gasteiger partial charge in [0.05, 0.1) is 12.3 Å². The molecule has 1 aromatic heterocycles. The lowest BCUT2D eigenvalue weighted by Gasteiger charge is -2.09. The van der Waals surface area contributed by atoms with Gasteiger partial charge in [-0.05, 0) is 41.5 Å². The second-order valence-corrected chi connectivity index (χ2v) is 8.28. The van der Waals surface area contributed by atoms with Crippen LogP contribution in [-0.4, -0.2) is 37.8 Å². The molecule has 0 saturated carbocycles. The minimum absolute atomic E-state index is 0.208. The zero-order valence-electron chi connectivity index (χ0n) is 17.9. The maximum Gasteiger partial charge on any atom is 0.269 e. The van der Waals surface area contributed by atoms with Crippen LogP contribution >= 0.6 is 11.8 Å². The van der Waals surface area contributed by atoms with Gasteiger partial charge in [-0.2, -0.15) is 4.80 Å². The summed E-state index contributed by atoms with van der Waals surface area (Å²) in [5.74, 6) is 0.101. The number of nitrogens with one attached hydrogen (secondary N) is 2. The van der Waals surface area contributed by atoms with Crippen LogP contribution in [0.5, 0.6) is 0 Å². The number of aryl methyl sites for hydroxylation is 1. The first-order valence-electron chi connectivity index (χ1n) is 10.3. The van der Waals surface area contributed by atoms with Gasteiger partial charge in [0.15, 0.2) is 0 Å². The second-order valence-electron chi connectivity index (χ2n) is 7.26. The Kier molecular flexibility index (Phi) is 7.11. The van der Waals surface area contributed by atoms with Crippen molar-refractivity contribution in [3.05, 3.63) is 95.6 Å². The van der Waals surface area contributed by atoms with Crippen LogP contribution in [0, 0.1) is 6.92 Å². The van der Waals surface area contributed by atoms with Crippen molar-refractivity contribution in [1.82, 2.24) is 31.1 Å². The van der Waals surface area contributed by atoms with E-state index >= 15 is 0 Å². The molecule has 0 aliphatic carbocycles. The van der Waals surface area contributed by atoms with E-state index < -0.39 is 0 Å². The Morgan fingerprint density at radius 1 is 0.909 bits per heavy atom. The minimum atomic E-state index is -0.388. The predicted octanol–water partition coefficient (Wildman–Crippen LogP) is 3.25. The largest absolute Gasteiger partial charge is 0.272 e. The lowest BCUT2D eigenvalue weighted by atomic mass is 10.1. The summed E-state index contributed by atoms with van der Waals surface area (Å²) in [6.07, 6.45) is 0. The normalized spacial score (nSPS) is 10.6. The summed E-state index contributed by atoms with van der Waals surface area (Å²) in [4.78, 5) is 26.9. The molecule has 33 heavy (non-hydrogen) atoms. The quantitative estimate of drug-likeness (QED) is 0.326. The third-order valence-corrected chi connectivity index (χ3v) is 5.97. The fourth-order valence-electron chi connectivity index (χ4n) is 3.03. The van der Waals surface area contributed by atoms with Gasteiger partial charge in [-0.3, -0.25) is 20.4 Å². The van der Waals surface area contributed by atoms with Crippen molar-refractivity contribution in [2.75, 3.05) is 5.75 Å². The lowest BCUT2D eigenvalue weighted by molar-refractivity contribution is -0.119. The standard InChI is InChI=1S/C24H22N6O2S/c1-17-7-5-6-10-21(17)33-16-22(31)25-27-24(32)20-13-11-18(12-14-20)15-30-28-23(26-29-30)19-8-3-2-4-9-19/h2-14H,15-16H2,1H3,(H,25,31)(H,27,32). The number of benzene rings is 3. The van der Waals surface area contributed by atoms with Gasteiger partial charge in [0.1, 0.15) is 0 Å². The average molecular weight is 459 g/mol. The van der Waals surface area contributed by atoms with E-state index in [1.807, 2.05) is 73.7 Å². The Hall–Kier alpha value is -3.98. The molecule has 3 aromatic carbocycles. The molecule has 1 heterocycles. The molecule has 0 saturated heterocycles. The first-order chi connectivity index (χ1) is 16.1. The fourth-order valence-corrected chi connectivity index (χ4v) is 3.86. The van der Waals surface area contributed by atoms with Crippen LogP contribution in [0.25, 0.3) is 11.4 Å². The summed E-state index contributed by atoms with van der Waals surface area (Å²) >= 11 is 1.42. The Bertz CT molecular complexity index is 1240. The Morgan fingerprint density at radius 3 is 2.39 bits per heavy atom. The number of hydrazine groups is 1. The molecule has 0 unspecified atom stereocenters. The van der Waals surface area contributed by atoms with E-state index in [-0.39, 0.29) is 17.6 Å². The summed E-state index contributed by atoms with van der Waals surface area (Å²) in [7, 11) is 0. The summed E-state index contributed by atoms with van der Waals surface area (Å²) in [6.45, 7) is 2.42. The van der Waals surface area contributed by atoms with Crippen molar-refractivity contribution in [3.63, 3.8) is 0 Å². The van der Waals surface area contributed by atoms with Crippen molar-refractivity contribution in [2.24, 2.45) is 0 Å². The van der Waals surface area contributed by atoms with Crippen molar-refractivity contribution in [1.29, 1.82) is 0 Å². The van der Waals surface area contributed by atoms with Gasteiger partial charge in [0.25, 0.3) is 5.91 Å². The van der Waals surface area contributed by atoms with Crippen LogP contribution in [0.15, 0.2) is 83.8 Å². The highest BCUT2D eigenvalue weighted by molar-refractivity contribution is 8.00. The van der Waals surface area contributed by atoms with Crippen molar-refractivity contribution in [2.45, 2.75) is 18.4 Å². The molecule has 0 spiro atoms. The molecule has 0 aliphatic heterocycles. The van der Waals surface area contributed by atoms with E-state index in [1.54, 1.807) is 12.1 Å². The molecule has 8 nitrogen and oxygen atoms in total. The molecule has 2 amide bonds. The lowest BCUT2D eigenvalue weighted by Crippen LogP contribution is -2.42. The summed E-state index contributed by atoms with van der Waals surface area (Å²) < 4.78 is 0. The number of tetrazole rings is 1. The highest BCUT2D eigenvalue weighted by Crippen LogP contribution is 2.21. The molecule has 0 atom stereocenters. The van der Waals surface area contributed by atoms with Crippen LogP contribution in [-0.2, 0) is 11.3 Å². The maximum atomic E-state index is 12.3. The van der Waals surface area contributed by atoms with E-state index in [4.69, 9.17) is 0 Å². The minimum Gasteiger partial charge on any atom is -0.272 e. The molecule has 0 aliphatic rings. The van der Waals surface area contributed by atoms with Crippen LogP contribution < -0.4 is 10.9 Å². The van der Waals surface area contributed by atoms with Crippen LogP contribution in [0.2, 0.25) is 0 Å². The molecule has 166 valence electrons. The zero-order valence-corrected chi connectivity index (χ0v) is 18.7. The number of rotatable bonds is 7. The van der Waals surface area contributed by atoms with E-state index in [1.165, 1.54) is 16.6 Å². The molecule has 2 N–H and O–H groups in total. The smallest absolute Gasteiger partial charge is 0.269 e. The number of hydrogen-bond donors (Lipinski definition) is 2. The third kappa shape index (κ3) is 6.05. The van der Waals surface area contributed by atoms with Crippen LogP contribution in [0.4, 0.5) is 0 Å². The second kappa shape index (κ2) is 10.6. The van der Waals surface area contributed by atoms with Crippen molar-refractivity contribution >= 4 is 23.6 Å². The number of nitrogens with zero attached hydrogens (tertiary/aromatic N) is 4. The number of amides is 2. The molecular formula is C24H22N6O2S. The highest BCUT2D eigenvalue weighted by atomic mass is 32.2. The highest BCUT2D eigenvalue weighted by Gasteiger charge is 2.10. The average Bonchev–Trinajstić information content (AvgIpc) is 3.31. The molecule has 4 aromatic rings. The molecule has 4 rings (SSSR count). The maximum absolute atomic E-state index is 12.3. The van der Waals surface area contributed by atoms with Crippen molar-refractivity contribution < 1.29 is 9.59 Å². The summed E-state index contributed by atoms with van der Waals surface area (Å²) in [6, 6.07) is 24.5. The van der Waals surface area contributed by atoms with Gasteiger partial charge < -0.3 is 0 Å². The topological polar surface area (TPSA) is 102 Å². The van der Waals surface area contributed by atoms with Crippen LogP contribution in [0.1, 0.15) is 21.5 Å². The Balaban J connectivity index is 1.26. The summed E-state index contributed by atoms with van der Waals surface area (Å²) in [5.41, 5.74) is 8.26. The Morgan fingerprint density at radius 2 is 1.64 bits per heavy atom. The van der Waals surface area contributed by atoms with E-state index in [9.17, 15) is 9.59 Å². The zero-order chi connectivity index (χ0) is 23.0. The predicted molar refractivity (Wildman–Crippen MR) is 126 cm³/mol. The first-order valence-corrected chi connectivity index (χ1v) is 11.3. The molecule has 0 bridgehead atoms.